The normalized spacial score (nSPS) is 11.6. The topological polar surface area (TPSA) is 108 Å². The van der Waals surface area contributed by atoms with Crippen molar-refractivity contribution >= 4 is 62.5 Å². The van der Waals surface area contributed by atoms with Crippen molar-refractivity contribution in [2.45, 2.75) is 17.1 Å². The van der Waals surface area contributed by atoms with Crippen molar-refractivity contribution in [3.63, 3.8) is 0 Å². The average molecular weight is 630 g/mol. The van der Waals surface area contributed by atoms with Crippen molar-refractivity contribution in [1.82, 2.24) is 4.98 Å². The van der Waals surface area contributed by atoms with E-state index in [1.807, 2.05) is 79.0 Å². The molecule has 1 unspecified atom stereocenters. The molecule has 1 aromatic heterocycles. The molecule has 9 heteroatoms. The fourth-order valence-corrected chi connectivity index (χ4v) is 6.67. The largest absolute Gasteiger partial charge is 0.478 e. The van der Waals surface area contributed by atoms with Gasteiger partial charge in [-0.05, 0) is 54.3 Å². The fraction of sp³-hybridized carbons (Fsp3) is 0.0556. The second kappa shape index (κ2) is 13.2. The number of aromatic nitrogens is 1. The maximum absolute atomic E-state index is 13.6. The summed E-state index contributed by atoms with van der Waals surface area (Å²) in [4.78, 5) is 44.1. The first kappa shape index (κ1) is 29.8. The van der Waals surface area contributed by atoms with Gasteiger partial charge in [-0.3, -0.25) is 9.59 Å². The van der Waals surface area contributed by atoms with Crippen LogP contribution in [0.3, 0.4) is 0 Å². The Morgan fingerprint density at radius 3 is 2.16 bits per heavy atom. The van der Waals surface area contributed by atoms with Gasteiger partial charge >= 0.3 is 5.97 Å². The fourth-order valence-electron chi connectivity index (χ4n) is 4.92. The van der Waals surface area contributed by atoms with E-state index in [-0.39, 0.29) is 17.0 Å². The number of aromatic carboxylic acids is 1. The molecule has 0 bridgehead atoms. The van der Waals surface area contributed by atoms with Gasteiger partial charge in [0.2, 0.25) is 5.91 Å². The Morgan fingerprint density at radius 2 is 1.47 bits per heavy atom. The molecule has 0 aliphatic rings. The second-order valence-corrected chi connectivity index (χ2v) is 12.3. The van der Waals surface area contributed by atoms with Crippen LogP contribution in [-0.4, -0.2) is 27.9 Å². The van der Waals surface area contributed by atoms with Gasteiger partial charge < -0.3 is 15.7 Å². The van der Waals surface area contributed by atoms with E-state index in [1.165, 1.54) is 34.7 Å². The Bertz CT molecular complexity index is 2000. The summed E-state index contributed by atoms with van der Waals surface area (Å²) in [5.74, 6) is -1.70. The monoisotopic (exact) mass is 629 g/mol. The third-order valence-electron chi connectivity index (χ3n) is 7.17. The highest BCUT2D eigenvalue weighted by molar-refractivity contribution is 8.00. The Hall–Kier alpha value is -5.25. The van der Waals surface area contributed by atoms with E-state index in [2.05, 4.69) is 15.6 Å². The van der Waals surface area contributed by atoms with E-state index in [0.29, 0.717) is 21.6 Å². The van der Waals surface area contributed by atoms with E-state index in [0.717, 1.165) is 21.7 Å². The molecular formula is C36H27N3O4S2. The third-order valence-corrected chi connectivity index (χ3v) is 9.19. The van der Waals surface area contributed by atoms with E-state index in [1.54, 1.807) is 42.5 Å². The van der Waals surface area contributed by atoms with Crippen molar-refractivity contribution in [2.24, 2.45) is 0 Å². The number of benzene rings is 5. The Kier molecular flexibility index (Phi) is 8.72. The van der Waals surface area contributed by atoms with E-state index in [4.69, 9.17) is 0 Å². The number of carboxylic acids is 1. The minimum atomic E-state index is -1.10. The first-order valence-corrected chi connectivity index (χ1v) is 15.8. The minimum Gasteiger partial charge on any atom is -0.478 e. The van der Waals surface area contributed by atoms with Crippen LogP contribution >= 0.6 is 23.1 Å². The van der Waals surface area contributed by atoms with Gasteiger partial charge in [-0.25, -0.2) is 9.78 Å². The lowest BCUT2D eigenvalue weighted by Crippen LogP contribution is -2.19. The lowest BCUT2D eigenvalue weighted by Gasteiger charge is -2.16. The molecule has 0 aliphatic carbocycles. The number of carboxylic acid groups (broad SMARTS) is 1. The molecule has 1 atom stereocenters. The molecule has 1 heterocycles. The number of hydrogen-bond donors (Lipinski definition) is 3. The molecule has 0 saturated heterocycles. The molecular weight excluding hydrogens is 603 g/mol. The van der Waals surface area contributed by atoms with E-state index in [9.17, 15) is 19.5 Å². The van der Waals surface area contributed by atoms with Crippen molar-refractivity contribution in [1.29, 1.82) is 0 Å². The molecule has 0 fully saturated rings. The number of nitrogens with one attached hydrogen (secondary N) is 2. The number of carbonyl (C=O) groups is 3. The Morgan fingerprint density at radius 1 is 0.778 bits per heavy atom. The van der Waals surface area contributed by atoms with Crippen LogP contribution in [0, 0.1) is 6.92 Å². The maximum Gasteiger partial charge on any atom is 0.336 e. The predicted octanol–water partition coefficient (Wildman–Crippen LogP) is 8.69. The number of aryl methyl sites for hydroxylation is 1. The van der Waals surface area contributed by atoms with Crippen LogP contribution in [0.5, 0.6) is 0 Å². The third kappa shape index (κ3) is 6.80. The zero-order valence-electron chi connectivity index (χ0n) is 24.1. The zero-order chi connectivity index (χ0) is 31.3. The summed E-state index contributed by atoms with van der Waals surface area (Å²) in [6.45, 7) is 2.03. The molecule has 3 N–H and O–H groups in total. The summed E-state index contributed by atoms with van der Waals surface area (Å²) in [6, 6.07) is 34.9. The summed E-state index contributed by atoms with van der Waals surface area (Å²) < 4.78 is 0. The summed E-state index contributed by atoms with van der Waals surface area (Å²) in [6.07, 6.45) is 0. The van der Waals surface area contributed by atoms with E-state index < -0.39 is 17.1 Å². The predicted molar refractivity (Wildman–Crippen MR) is 181 cm³/mol. The van der Waals surface area contributed by atoms with Crippen molar-refractivity contribution in [3.05, 3.63) is 143 Å². The number of nitrogens with zero attached hydrogens (tertiary/aromatic N) is 1. The molecule has 5 aromatic carbocycles. The summed E-state index contributed by atoms with van der Waals surface area (Å²) in [7, 11) is 0. The first-order valence-electron chi connectivity index (χ1n) is 14.1. The number of thioether (sulfide) groups is 1. The SMILES string of the molecule is Cc1ccc(-c2csc(NC(=O)C(Sc3ccc(NC(=O)c4cccc5cccc(C(=O)O)c45)cc3)c3ccccc3)n2)cc1. The molecule has 45 heavy (non-hydrogen) atoms. The molecule has 0 spiro atoms. The van der Waals surface area contributed by atoms with Crippen molar-refractivity contribution in [2.75, 3.05) is 10.6 Å². The van der Waals surface area contributed by atoms with Gasteiger partial charge in [0.1, 0.15) is 5.25 Å². The molecule has 6 rings (SSSR count). The number of hydrogen-bond acceptors (Lipinski definition) is 6. The zero-order valence-corrected chi connectivity index (χ0v) is 25.7. The van der Waals surface area contributed by atoms with Crippen LogP contribution in [0.1, 0.15) is 37.1 Å². The smallest absolute Gasteiger partial charge is 0.336 e. The number of thiazole rings is 1. The highest BCUT2D eigenvalue weighted by atomic mass is 32.2. The summed E-state index contributed by atoms with van der Waals surface area (Å²) >= 11 is 2.77. The van der Waals surface area contributed by atoms with Gasteiger partial charge in [0.15, 0.2) is 5.13 Å². The van der Waals surface area contributed by atoms with Gasteiger partial charge in [0, 0.05) is 32.5 Å². The first-order chi connectivity index (χ1) is 21.9. The van der Waals surface area contributed by atoms with Crippen LogP contribution in [0.2, 0.25) is 0 Å². The average Bonchev–Trinajstić information content (AvgIpc) is 3.52. The lowest BCUT2D eigenvalue weighted by atomic mass is 9.98. The molecule has 0 radical (unpaired) electrons. The van der Waals surface area contributed by atoms with Crippen LogP contribution in [0.25, 0.3) is 22.0 Å². The summed E-state index contributed by atoms with van der Waals surface area (Å²) in [5, 5.41) is 18.5. The van der Waals surface area contributed by atoms with Crippen molar-refractivity contribution < 1.29 is 19.5 Å². The minimum absolute atomic E-state index is 0.0688. The number of carbonyl (C=O) groups excluding carboxylic acids is 2. The number of fused-ring (bicyclic) bond motifs is 1. The maximum atomic E-state index is 13.6. The van der Waals surface area contributed by atoms with Crippen LogP contribution in [0.15, 0.2) is 126 Å². The number of amides is 2. The van der Waals surface area contributed by atoms with Gasteiger partial charge in [-0.1, -0.05) is 84.4 Å². The summed E-state index contributed by atoms with van der Waals surface area (Å²) in [5.41, 5.74) is 4.69. The molecule has 2 amide bonds. The Labute approximate surface area is 268 Å². The second-order valence-electron chi connectivity index (χ2n) is 10.3. The van der Waals surface area contributed by atoms with Crippen LogP contribution in [-0.2, 0) is 4.79 Å². The molecule has 222 valence electrons. The number of anilines is 2. The van der Waals surface area contributed by atoms with Crippen LogP contribution in [0.4, 0.5) is 10.8 Å². The highest BCUT2D eigenvalue weighted by Gasteiger charge is 2.24. The molecule has 7 nitrogen and oxygen atoms in total. The van der Waals surface area contributed by atoms with Crippen LogP contribution < -0.4 is 10.6 Å². The van der Waals surface area contributed by atoms with Gasteiger partial charge in [0.05, 0.1) is 11.3 Å². The lowest BCUT2D eigenvalue weighted by molar-refractivity contribution is -0.115. The number of rotatable bonds is 9. The van der Waals surface area contributed by atoms with Gasteiger partial charge in [-0.15, -0.1) is 23.1 Å². The highest BCUT2D eigenvalue weighted by Crippen LogP contribution is 2.37. The molecule has 6 aromatic rings. The van der Waals surface area contributed by atoms with Crippen molar-refractivity contribution in [3.8, 4) is 11.3 Å². The van der Waals surface area contributed by atoms with Gasteiger partial charge in [0.25, 0.3) is 5.91 Å². The van der Waals surface area contributed by atoms with Gasteiger partial charge in [-0.2, -0.15) is 0 Å². The quantitative estimate of drug-likeness (QED) is 0.138. The molecule has 0 saturated carbocycles. The Balaban J connectivity index is 1.18. The molecule has 0 aliphatic heterocycles. The van der Waals surface area contributed by atoms with E-state index >= 15 is 0 Å². The standard InChI is InChI=1S/C36H27N3O4S2/c1-22-13-15-23(16-14-22)30-21-44-36(38-30)39-34(41)32(25-7-3-2-4-8-25)45-27-19-17-26(18-20-27)37-33(40)28-11-5-9-24-10-6-12-29(31(24)28)35(42)43/h2-21,32H,1H3,(H,37,40)(H,42,43)(H,38,39,41).